The second kappa shape index (κ2) is 8.15. The summed E-state index contributed by atoms with van der Waals surface area (Å²) in [7, 11) is 2.24. The highest BCUT2D eigenvalue weighted by Crippen LogP contribution is 2.13. The Balaban J connectivity index is 2.17. The van der Waals surface area contributed by atoms with Gasteiger partial charge >= 0.3 is 0 Å². The number of rotatable bonds is 8. The quantitative estimate of drug-likeness (QED) is 0.549. The fraction of sp³-hybridized carbons (Fsp3) is 0.692. The van der Waals surface area contributed by atoms with E-state index in [0.717, 1.165) is 5.75 Å². The van der Waals surface area contributed by atoms with Crippen molar-refractivity contribution in [1.82, 2.24) is 4.90 Å². The first-order chi connectivity index (χ1) is 7.74. The monoisotopic (exact) mass is 257 g/mol. The normalized spacial score (nSPS) is 13.2. The van der Waals surface area contributed by atoms with E-state index in [1.54, 1.807) is 0 Å². The van der Waals surface area contributed by atoms with Gasteiger partial charge in [-0.1, -0.05) is 12.5 Å². The van der Waals surface area contributed by atoms with E-state index in [2.05, 4.69) is 49.0 Å². The largest absolute Gasteiger partial charge is 0.303 e. The highest BCUT2D eigenvalue weighted by molar-refractivity contribution is 7.80. The molecule has 1 heterocycles. The lowest BCUT2D eigenvalue weighted by Gasteiger charge is -2.24. The molecule has 0 radical (unpaired) electrons. The minimum atomic E-state index is 0.648. The minimum Gasteiger partial charge on any atom is -0.303 e. The summed E-state index contributed by atoms with van der Waals surface area (Å²) in [5, 5.41) is 2.16. The molecule has 1 rings (SSSR count). The van der Waals surface area contributed by atoms with Crippen LogP contribution < -0.4 is 0 Å². The lowest BCUT2D eigenvalue weighted by molar-refractivity contribution is 0.252. The van der Waals surface area contributed by atoms with Gasteiger partial charge in [0.05, 0.1) is 0 Å². The van der Waals surface area contributed by atoms with E-state index >= 15 is 0 Å². The number of likely N-dealkylation sites (N-methyl/N-ethyl adjacent to an activating group) is 1. The van der Waals surface area contributed by atoms with Gasteiger partial charge in [0.2, 0.25) is 0 Å². The molecule has 1 nitrogen and oxygen atoms in total. The van der Waals surface area contributed by atoms with Gasteiger partial charge in [-0.15, -0.1) is 11.3 Å². The first-order valence-electron chi connectivity index (χ1n) is 6.07. The molecular formula is C13H23NS2. The summed E-state index contributed by atoms with van der Waals surface area (Å²) in [4.78, 5) is 3.97. The van der Waals surface area contributed by atoms with E-state index in [9.17, 15) is 0 Å². The van der Waals surface area contributed by atoms with Gasteiger partial charge in [-0.3, -0.25) is 0 Å². The molecule has 0 aliphatic carbocycles. The van der Waals surface area contributed by atoms with E-state index < -0.39 is 0 Å². The van der Waals surface area contributed by atoms with Gasteiger partial charge in [-0.05, 0) is 57.0 Å². The van der Waals surface area contributed by atoms with Gasteiger partial charge < -0.3 is 4.90 Å². The number of nitrogens with zero attached hydrogens (tertiary/aromatic N) is 1. The molecule has 0 fully saturated rings. The first kappa shape index (κ1) is 14.1. The van der Waals surface area contributed by atoms with E-state index in [1.165, 1.54) is 37.1 Å². The van der Waals surface area contributed by atoms with Crippen LogP contribution in [0.25, 0.3) is 0 Å². The number of thiophene rings is 1. The molecule has 92 valence electrons. The maximum absolute atomic E-state index is 4.23. The topological polar surface area (TPSA) is 3.24 Å². The summed E-state index contributed by atoms with van der Waals surface area (Å²) >= 11 is 6.10. The zero-order chi connectivity index (χ0) is 11.8. The van der Waals surface area contributed by atoms with Crippen molar-refractivity contribution in [3.05, 3.63) is 22.4 Å². The Hall–Kier alpha value is 0.01000. The minimum absolute atomic E-state index is 0.648. The van der Waals surface area contributed by atoms with Crippen molar-refractivity contribution in [2.24, 2.45) is 0 Å². The molecule has 0 amide bonds. The van der Waals surface area contributed by atoms with E-state index in [4.69, 9.17) is 0 Å². The zero-order valence-corrected chi connectivity index (χ0v) is 12.1. The summed E-state index contributed by atoms with van der Waals surface area (Å²) in [5.41, 5.74) is 0. The second-order valence-corrected chi connectivity index (χ2v) is 5.88. The smallest absolute Gasteiger partial charge is 0.0112 e. The highest BCUT2D eigenvalue weighted by Gasteiger charge is 2.09. The van der Waals surface area contributed by atoms with Crippen molar-refractivity contribution in [3.8, 4) is 0 Å². The average molecular weight is 257 g/mol. The molecule has 1 aromatic rings. The van der Waals surface area contributed by atoms with Gasteiger partial charge in [0.15, 0.2) is 0 Å². The SMILES string of the molecule is CC(Cc1cccs1)N(C)CCCCCS. The molecule has 0 bridgehead atoms. The lowest BCUT2D eigenvalue weighted by atomic mass is 10.1. The van der Waals surface area contributed by atoms with E-state index in [-0.39, 0.29) is 0 Å². The Labute approximate surface area is 109 Å². The molecular weight excluding hydrogens is 234 g/mol. The van der Waals surface area contributed by atoms with E-state index in [1.807, 2.05) is 11.3 Å². The van der Waals surface area contributed by atoms with Gasteiger partial charge in [-0.2, -0.15) is 12.6 Å². The molecule has 1 atom stereocenters. The van der Waals surface area contributed by atoms with Crippen LogP contribution in [0.5, 0.6) is 0 Å². The third-order valence-corrected chi connectivity index (χ3v) is 4.21. The van der Waals surface area contributed by atoms with Crippen LogP contribution in [-0.2, 0) is 6.42 Å². The number of hydrogen-bond donors (Lipinski definition) is 1. The lowest BCUT2D eigenvalue weighted by Crippen LogP contribution is -2.31. The average Bonchev–Trinajstić information content (AvgIpc) is 2.76. The van der Waals surface area contributed by atoms with Crippen LogP contribution in [0, 0.1) is 0 Å². The van der Waals surface area contributed by atoms with Crippen LogP contribution >= 0.6 is 24.0 Å². The van der Waals surface area contributed by atoms with Crippen LogP contribution in [0.15, 0.2) is 17.5 Å². The van der Waals surface area contributed by atoms with E-state index in [0.29, 0.717) is 6.04 Å². The molecule has 0 spiro atoms. The first-order valence-corrected chi connectivity index (χ1v) is 7.58. The number of thiol groups is 1. The molecule has 0 saturated carbocycles. The van der Waals surface area contributed by atoms with Crippen molar-refractivity contribution in [3.63, 3.8) is 0 Å². The Morgan fingerprint density at radius 2 is 2.19 bits per heavy atom. The predicted octanol–water partition coefficient (Wildman–Crippen LogP) is 3.71. The third-order valence-electron chi connectivity index (χ3n) is 3.00. The Bertz CT molecular complexity index is 259. The van der Waals surface area contributed by atoms with Crippen LogP contribution in [0.2, 0.25) is 0 Å². The molecule has 3 heteroatoms. The molecule has 0 saturated heterocycles. The van der Waals surface area contributed by atoms with Gasteiger partial charge in [0.1, 0.15) is 0 Å². The summed E-state index contributed by atoms with van der Waals surface area (Å²) in [6.45, 7) is 3.53. The van der Waals surface area contributed by atoms with Crippen molar-refractivity contribution in [2.75, 3.05) is 19.3 Å². The van der Waals surface area contributed by atoms with Crippen LogP contribution in [0.1, 0.15) is 31.1 Å². The summed E-state index contributed by atoms with van der Waals surface area (Å²) in [6, 6.07) is 5.02. The Morgan fingerprint density at radius 3 is 2.81 bits per heavy atom. The molecule has 1 unspecified atom stereocenters. The molecule has 16 heavy (non-hydrogen) atoms. The molecule has 0 aliphatic heterocycles. The third kappa shape index (κ3) is 5.37. The summed E-state index contributed by atoms with van der Waals surface area (Å²) < 4.78 is 0. The number of hydrogen-bond acceptors (Lipinski definition) is 3. The van der Waals surface area contributed by atoms with Crippen LogP contribution in [0.3, 0.4) is 0 Å². The van der Waals surface area contributed by atoms with Gasteiger partial charge in [0, 0.05) is 10.9 Å². The molecule has 0 aromatic carbocycles. The highest BCUT2D eigenvalue weighted by atomic mass is 32.1. The summed E-state index contributed by atoms with van der Waals surface area (Å²) in [6.07, 6.45) is 5.03. The van der Waals surface area contributed by atoms with Crippen molar-refractivity contribution in [2.45, 2.75) is 38.6 Å². The summed E-state index contributed by atoms with van der Waals surface area (Å²) in [5.74, 6) is 1.02. The van der Waals surface area contributed by atoms with Crippen molar-refractivity contribution < 1.29 is 0 Å². The van der Waals surface area contributed by atoms with Crippen molar-refractivity contribution in [1.29, 1.82) is 0 Å². The second-order valence-electron chi connectivity index (χ2n) is 4.40. The van der Waals surface area contributed by atoms with Crippen LogP contribution in [-0.4, -0.2) is 30.3 Å². The van der Waals surface area contributed by atoms with Gasteiger partial charge in [0.25, 0.3) is 0 Å². The van der Waals surface area contributed by atoms with Crippen LogP contribution in [0.4, 0.5) is 0 Å². The fourth-order valence-corrected chi connectivity index (χ4v) is 2.80. The maximum atomic E-state index is 4.23. The molecule has 0 N–H and O–H groups in total. The zero-order valence-electron chi connectivity index (χ0n) is 10.4. The van der Waals surface area contributed by atoms with Gasteiger partial charge in [-0.25, -0.2) is 0 Å². The Morgan fingerprint density at radius 1 is 1.38 bits per heavy atom. The number of unbranched alkanes of at least 4 members (excludes halogenated alkanes) is 2. The fourth-order valence-electron chi connectivity index (χ4n) is 1.75. The predicted molar refractivity (Wildman–Crippen MR) is 77.8 cm³/mol. The Kier molecular flexibility index (Phi) is 7.17. The molecule has 1 aromatic heterocycles. The standard InChI is InChI=1S/C13H23NS2/c1-12(11-13-7-6-10-16-13)14(2)8-4-3-5-9-15/h6-7,10,12,15H,3-5,8-9,11H2,1-2H3. The van der Waals surface area contributed by atoms with Crippen molar-refractivity contribution >= 4 is 24.0 Å². The molecule has 0 aliphatic rings. The maximum Gasteiger partial charge on any atom is 0.0112 e.